The maximum absolute atomic E-state index is 13.1. The fraction of sp³-hybridized carbons (Fsp3) is 0.300. The zero-order chi connectivity index (χ0) is 25.6. The van der Waals surface area contributed by atoms with Crippen LogP contribution in [0.3, 0.4) is 0 Å². The first-order chi connectivity index (χ1) is 15.5. The molecule has 2 N–H and O–H groups in total. The molecule has 0 radical (unpaired) electrons. The summed E-state index contributed by atoms with van der Waals surface area (Å²) in [5.41, 5.74) is 0.0832. The first kappa shape index (κ1) is 27.1. The predicted octanol–water partition coefficient (Wildman–Crippen LogP) is 7.10. The molecule has 0 aromatic heterocycles. The Hall–Kier alpha value is -1.52. The van der Waals surface area contributed by atoms with Gasteiger partial charge in [0.15, 0.2) is 0 Å². The fourth-order valence-corrected chi connectivity index (χ4v) is 4.78. The second kappa shape index (κ2) is 9.50. The Bertz CT molecular complexity index is 1120. The van der Waals surface area contributed by atoms with Crippen molar-refractivity contribution in [1.82, 2.24) is 5.32 Å². The molecule has 184 valence electrons. The van der Waals surface area contributed by atoms with Crippen LogP contribution in [-0.2, 0) is 4.79 Å². The van der Waals surface area contributed by atoms with E-state index in [1.54, 1.807) is 12.1 Å². The highest BCUT2D eigenvalue weighted by atomic mass is 35.5. The van der Waals surface area contributed by atoms with E-state index in [0.29, 0.717) is 15.6 Å². The van der Waals surface area contributed by atoms with E-state index in [9.17, 15) is 31.5 Å². The number of anilines is 1. The summed E-state index contributed by atoms with van der Waals surface area (Å²) in [5.74, 6) is -8.69. The van der Waals surface area contributed by atoms with E-state index in [1.165, 1.54) is 17.4 Å². The van der Waals surface area contributed by atoms with Crippen molar-refractivity contribution in [3.63, 3.8) is 0 Å². The van der Waals surface area contributed by atoms with Crippen LogP contribution in [0.1, 0.15) is 21.8 Å². The largest absolute Gasteiger partial charge is 0.455 e. The molecule has 1 fully saturated rings. The van der Waals surface area contributed by atoms with Gasteiger partial charge >= 0.3 is 12.1 Å². The van der Waals surface area contributed by atoms with Crippen molar-refractivity contribution in [2.75, 3.05) is 11.9 Å². The van der Waals surface area contributed by atoms with Gasteiger partial charge < -0.3 is 10.6 Å². The van der Waals surface area contributed by atoms with Gasteiger partial charge in [0.1, 0.15) is 4.33 Å². The summed E-state index contributed by atoms with van der Waals surface area (Å²) in [4.78, 5) is 24.9. The van der Waals surface area contributed by atoms with E-state index in [4.69, 9.17) is 58.0 Å². The molecule has 1 saturated carbocycles. The highest BCUT2D eigenvalue weighted by molar-refractivity contribution is 6.53. The molecule has 3 rings (SSSR count). The lowest BCUT2D eigenvalue weighted by Crippen LogP contribution is -2.46. The predicted molar refractivity (Wildman–Crippen MR) is 121 cm³/mol. The lowest BCUT2D eigenvalue weighted by atomic mass is 10.1. The van der Waals surface area contributed by atoms with Crippen molar-refractivity contribution < 1.29 is 31.5 Å². The van der Waals surface area contributed by atoms with Gasteiger partial charge in [-0.2, -0.15) is 22.0 Å². The number of carbonyl (C=O) groups is 2. The molecule has 2 atom stereocenters. The van der Waals surface area contributed by atoms with Crippen molar-refractivity contribution in [3.8, 4) is 0 Å². The number of nitrogens with one attached hydrogen (secondary N) is 2. The average Bonchev–Trinajstić information content (AvgIpc) is 3.28. The van der Waals surface area contributed by atoms with Gasteiger partial charge in [0, 0.05) is 21.7 Å². The third-order valence-electron chi connectivity index (χ3n) is 4.94. The Balaban J connectivity index is 1.74. The quantitative estimate of drug-likeness (QED) is 0.281. The summed E-state index contributed by atoms with van der Waals surface area (Å²) in [5, 5.41) is 4.32. The molecule has 0 heterocycles. The summed E-state index contributed by atoms with van der Waals surface area (Å²) in [6, 6.07) is 8.04. The molecule has 0 spiro atoms. The van der Waals surface area contributed by atoms with Gasteiger partial charge in [-0.05, 0) is 42.0 Å². The van der Waals surface area contributed by atoms with Gasteiger partial charge in [-0.3, -0.25) is 9.59 Å². The van der Waals surface area contributed by atoms with Gasteiger partial charge in [0.05, 0.1) is 23.0 Å². The maximum atomic E-state index is 13.1. The van der Waals surface area contributed by atoms with E-state index < -0.39 is 52.2 Å². The molecule has 0 unspecified atom stereocenters. The van der Waals surface area contributed by atoms with Gasteiger partial charge in [0.25, 0.3) is 5.91 Å². The molecular weight excluding hydrogens is 572 g/mol. The first-order valence-electron chi connectivity index (χ1n) is 9.21. The number of hydrogen-bond acceptors (Lipinski definition) is 2. The highest BCUT2D eigenvalue weighted by Crippen LogP contribution is 2.65. The number of alkyl halides is 7. The van der Waals surface area contributed by atoms with E-state index in [0.717, 1.165) is 12.1 Å². The molecule has 2 aromatic rings. The van der Waals surface area contributed by atoms with Crippen LogP contribution in [-0.4, -0.2) is 34.8 Å². The number of hydrogen-bond donors (Lipinski definition) is 2. The molecule has 4 nitrogen and oxygen atoms in total. The third kappa shape index (κ3) is 5.65. The van der Waals surface area contributed by atoms with Crippen molar-refractivity contribution >= 4 is 75.5 Å². The van der Waals surface area contributed by atoms with Crippen molar-refractivity contribution in [2.24, 2.45) is 5.92 Å². The van der Waals surface area contributed by atoms with E-state index >= 15 is 0 Å². The SMILES string of the molecule is O=C(NCC(F)(F)C(F)(F)F)c1cc(NC(=O)[C@H]2[C@H](c3cc(Cl)cc(Cl)c3)C2(Cl)Cl)ccc1Cl. The van der Waals surface area contributed by atoms with Crippen LogP contribution in [0, 0.1) is 5.92 Å². The topological polar surface area (TPSA) is 58.2 Å². The van der Waals surface area contributed by atoms with Gasteiger partial charge in [-0.1, -0.05) is 34.8 Å². The van der Waals surface area contributed by atoms with Crippen LogP contribution in [0.5, 0.6) is 0 Å². The van der Waals surface area contributed by atoms with Crippen molar-refractivity contribution in [2.45, 2.75) is 22.4 Å². The van der Waals surface area contributed by atoms with Crippen LogP contribution in [0.4, 0.5) is 27.6 Å². The van der Waals surface area contributed by atoms with Crippen LogP contribution in [0.2, 0.25) is 15.1 Å². The monoisotopic (exact) mass is 582 g/mol. The Morgan fingerprint density at radius 2 is 1.53 bits per heavy atom. The van der Waals surface area contributed by atoms with Gasteiger partial charge in [-0.25, -0.2) is 0 Å². The molecule has 2 amide bonds. The lowest BCUT2D eigenvalue weighted by molar-refractivity contribution is -0.278. The zero-order valence-electron chi connectivity index (χ0n) is 16.4. The highest BCUT2D eigenvalue weighted by Gasteiger charge is 2.67. The molecule has 14 heteroatoms. The Kier molecular flexibility index (Phi) is 7.57. The molecule has 0 saturated heterocycles. The fourth-order valence-electron chi connectivity index (χ4n) is 3.21. The average molecular weight is 585 g/mol. The second-order valence-corrected chi connectivity index (χ2v) is 10.1. The first-order valence-corrected chi connectivity index (χ1v) is 11.1. The third-order valence-corrected chi connectivity index (χ3v) is 6.65. The summed E-state index contributed by atoms with van der Waals surface area (Å²) < 4.78 is 61.6. The maximum Gasteiger partial charge on any atom is 0.455 e. The number of benzene rings is 2. The number of rotatable bonds is 6. The Morgan fingerprint density at radius 1 is 0.941 bits per heavy atom. The minimum Gasteiger partial charge on any atom is -0.346 e. The van der Waals surface area contributed by atoms with E-state index in [1.807, 2.05) is 0 Å². The summed E-state index contributed by atoms with van der Waals surface area (Å²) in [6.07, 6.45) is -5.84. The van der Waals surface area contributed by atoms with Crippen LogP contribution in [0.25, 0.3) is 0 Å². The van der Waals surface area contributed by atoms with E-state index in [2.05, 4.69) is 5.32 Å². The summed E-state index contributed by atoms with van der Waals surface area (Å²) >= 11 is 30.4. The molecule has 2 aromatic carbocycles. The van der Waals surface area contributed by atoms with E-state index in [-0.39, 0.29) is 10.7 Å². The Morgan fingerprint density at radius 3 is 2.09 bits per heavy atom. The smallest absolute Gasteiger partial charge is 0.346 e. The molecule has 34 heavy (non-hydrogen) atoms. The minimum absolute atomic E-state index is 0.000964. The van der Waals surface area contributed by atoms with Gasteiger partial charge in [-0.15, -0.1) is 23.2 Å². The molecule has 0 aliphatic heterocycles. The van der Waals surface area contributed by atoms with Crippen LogP contribution < -0.4 is 10.6 Å². The molecule has 0 bridgehead atoms. The molecular formula is C20H12Cl5F5N2O2. The summed E-state index contributed by atoms with van der Waals surface area (Å²) in [6.45, 7) is -1.99. The van der Waals surface area contributed by atoms with Crippen molar-refractivity contribution in [3.05, 3.63) is 62.6 Å². The zero-order valence-corrected chi connectivity index (χ0v) is 20.2. The van der Waals surface area contributed by atoms with Crippen LogP contribution in [0.15, 0.2) is 36.4 Å². The van der Waals surface area contributed by atoms with Gasteiger partial charge in [0.2, 0.25) is 5.91 Å². The summed E-state index contributed by atoms with van der Waals surface area (Å²) in [7, 11) is 0. The lowest BCUT2D eigenvalue weighted by Gasteiger charge is -2.20. The Labute approximate surface area is 214 Å². The molecule has 1 aliphatic rings. The number of carbonyl (C=O) groups excluding carboxylic acids is 2. The number of amides is 2. The molecule has 1 aliphatic carbocycles. The minimum atomic E-state index is -5.84. The standard InChI is InChI=1S/C20H12Cl5F5N2O2/c21-9-3-8(4-10(22)5-9)14-15(19(14,24)25)17(34)32-11-1-2-13(23)12(6-11)16(33)31-7-18(26,27)20(28,29)30/h1-6,14-15H,7H2,(H,31,33)(H,32,34)/t14-,15+/m0/s1. The number of halogens is 10. The van der Waals surface area contributed by atoms with Crippen LogP contribution >= 0.6 is 58.0 Å². The second-order valence-electron chi connectivity index (χ2n) is 7.40. The normalized spacial score (nSPS) is 19.5. The van der Waals surface area contributed by atoms with Crippen molar-refractivity contribution in [1.29, 1.82) is 0 Å².